The molecule has 0 saturated heterocycles. The summed E-state index contributed by atoms with van der Waals surface area (Å²) < 4.78 is 0. The Labute approximate surface area is 611 Å². The Bertz CT molecular complexity index is 3980. The van der Waals surface area contributed by atoms with Gasteiger partial charge in [0, 0.05) is 88.5 Å². The van der Waals surface area contributed by atoms with E-state index in [2.05, 4.69) is 16.0 Å². The van der Waals surface area contributed by atoms with Crippen molar-refractivity contribution in [2.75, 3.05) is 12.3 Å². The van der Waals surface area contributed by atoms with Gasteiger partial charge in [-0.25, -0.2) is 0 Å². The predicted molar refractivity (Wildman–Crippen MR) is 399 cm³/mol. The van der Waals surface area contributed by atoms with Gasteiger partial charge in [0.05, 0.1) is 58.2 Å². The minimum absolute atomic E-state index is 0.00461. The van der Waals surface area contributed by atoms with Crippen molar-refractivity contribution in [3.8, 4) is 11.5 Å². The Kier molecular flexibility index (Phi) is 30.0. The third kappa shape index (κ3) is 20.7. The lowest BCUT2D eigenvalue weighted by Gasteiger charge is -2.26. The first-order valence-corrected chi connectivity index (χ1v) is 35.6. The molecule has 4 heterocycles. The second-order valence-electron chi connectivity index (χ2n) is 27.4. The van der Waals surface area contributed by atoms with Gasteiger partial charge in [-0.3, -0.25) is 47.9 Å². The van der Waals surface area contributed by atoms with Gasteiger partial charge in [-0.1, -0.05) is 151 Å². The molecule has 2 amide bonds. The van der Waals surface area contributed by atoms with Crippen molar-refractivity contribution in [2.45, 2.75) is 159 Å². The number of amides is 2. The summed E-state index contributed by atoms with van der Waals surface area (Å²) in [6.07, 6.45) is 20.5. The molecule has 2 aromatic rings. The summed E-state index contributed by atoms with van der Waals surface area (Å²) in [7, 11) is 0. The smallest absolute Gasteiger partial charge is 0.251 e. The number of hydrogen-bond donors (Lipinski definition) is 11. The number of aliphatic hydroxyl groups excluding tert-OH is 6. The Hall–Kier alpha value is -9.39. The number of nitrogens with one attached hydrogen (secondary N) is 3. The lowest BCUT2D eigenvalue weighted by Crippen LogP contribution is -2.40. The predicted octanol–water partition coefficient (Wildman–Crippen LogP) is 10.2. The van der Waals surface area contributed by atoms with Gasteiger partial charge in [-0.05, 0) is 114 Å². The van der Waals surface area contributed by atoms with Gasteiger partial charge < -0.3 is 56.8 Å². The van der Waals surface area contributed by atoms with Crippen LogP contribution in [0.5, 0.6) is 11.5 Å². The number of benzene rings is 2. The molecule has 8 bridgehead atoms. The third-order valence-corrected chi connectivity index (χ3v) is 20.0. The maximum absolute atomic E-state index is 15.4. The summed E-state index contributed by atoms with van der Waals surface area (Å²) in [5.74, 6) is -13.6. The van der Waals surface area contributed by atoms with Crippen molar-refractivity contribution in [3.63, 3.8) is 0 Å². The number of carbonyl (C=O) groups is 10. The van der Waals surface area contributed by atoms with E-state index >= 15 is 19.2 Å². The van der Waals surface area contributed by atoms with Gasteiger partial charge in [0.25, 0.3) is 11.8 Å². The molecule has 2 aliphatic carbocycles. The van der Waals surface area contributed by atoms with Crippen molar-refractivity contribution in [1.29, 1.82) is 0 Å². The number of thioether (sulfide) groups is 1. The van der Waals surface area contributed by atoms with Crippen LogP contribution in [0.4, 0.5) is 0 Å². The molecule has 0 radical (unpaired) electrons. The molecule has 4 aliphatic heterocycles. The molecule has 11 N–H and O–H groups in total. The maximum Gasteiger partial charge on any atom is 0.251 e. The third-order valence-electron chi connectivity index (χ3n) is 18.9. The van der Waals surface area contributed by atoms with E-state index in [0.717, 1.165) is 0 Å². The number of aliphatic hydroxyl groups is 6. The SMILES string of the molecule is C/C1=C/C=C\C=C\[C@H](C)[C@@H](O)CC(=O)/C(C)=C/C[C@H](O)/C=C/[C@H](C)[C@H](O)[C@@H](C)/C=C(\C)C(=O)c2c(O)c(C)cc3c2C(=O)C(NCCSC2=C4NC(=O)\C(C)=C/C=C\C=C\[C@H](C)[C@@H](O)CC(=O)/C(C)=C/C[C@H](O)/C=C/[C@H](C)[C@H](O)[C@@H](C)/C=C(\C)C(=O)c5c(O)c(C)cc(c5C2=O)C4=O)=C(NC1=O)C3=O. The first kappa shape index (κ1) is 83.6. The summed E-state index contributed by atoms with van der Waals surface area (Å²) in [5, 5.41) is 98.2. The molecule has 22 heteroatoms. The van der Waals surface area contributed by atoms with Crippen LogP contribution in [-0.2, 0) is 19.2 Å². The summed E-state index contributed by atoms with van der Waals surface area (Å²) in [5.41, 5.74) is -3.98. The van der Waals surface area contributed by atoms with E-state index in [1.54, 1.807) is 116 Å². The van der Waals surface area contributed by atoms with Crippen LogP contribution in [0.15, 0.2) is 177 Å². The second kappa shape index (κ2) is 37.4. The highest BCUT2D eigenvalue weighted by Crippen LogP contribution is 2.41. The van der Waals surface area contributed by atoms with Gasteiger partial charge in [0.1, 0.15) is 28.6 Å². The summed E-state index contributed by atoms with van der Waals surface area (Å²) >= 11 is 0.667. The van der Waals surface area contributed by atoms with E-state index in [0.29, 0.717) is 22.9 Å². The zero-order chi connectivity index (χ0) is 77.5. The number of aromatic hydroxyl groups is 2. The number of allylic oxidation sites excluding steroid dienone is 16. The summed E-state index contributed by atoms with van der Waals surface area (Å²) in [6, 6.07) is 2.40. The van der Waals surface area contributed by atoms with Gasteiger partial charge in [-0.2, -0.15) is 0 Å². The Morgan fingerprint density at radius 3 is 1.24 bits per heavy atom. The lowest BCUT2D eigenvalue weighted by molar-refractivity contribution is -0.118. The summed E-state index contributed by atoms with van der Waals surface area (Å²) in [6.45, 7) is 21.2. The van der Waals surface area contributed by atoms with Gasteiger partial charge in [-0.15, -0.1) is 11.8 Å². The number of Topliss-reactive ketones (excluding diaryl/α,β-unsaturated/α-hetero) is 8. The number of fused-ring (bicyclic) bond motifs is 36. The topological polar surface area (TPSA) is 369 Å². The van der Waals surface area contributed by atoms with E-state index < -0.39 is 181 Å². The van der Waals surface area contributed by atoms with Crippen molar-refractivity contribution in [1.82, 2.24) is 16.0 Å². The molecule has 0 aromatic heterocycles. The van der Waals surface area contributed by atoms with E-state index in [9.17, 15) is 69.6 Å². The maximum atomic E-state index is 15.4. The van der Waals surface area contributed by atoms with Crippen LogP contribution in [0, 0.1) is 49.4 Å². The normalized spacial score (nSPS) is 31.3. The molecule has 12 atom stereocenters. The lowest BCUT2D eigenvalue weighted by atomic mass is 9.82. The van der Waals surface area contributed by atoms with E-state index in [1.165, 1.54) is 102 Å². The first-order chi connectivity index (χ1) is 48.9. The molecule has 6 aliphatic rings. The molecule has 554 valence electrons. The zero-order valence-corrected chi connectivity index (χ0v) is 62.1. The molecular formula is C82H97N3O18S. The molecule has 2 aromatic carbocycles. The molecular weight excluding hydrogens is 1350 g/mol. The van der Waals surface area contributed by atoms with E-state index in [4.69, 9.17) is 0 Å². The molecule has 104 heavy (non-hydrogen) atoms. The molecule has 0 saturated carbocycles. The minimum Gasteiger partial charge on any atom is -0.507 e. The van der Waals surface area contributed by atoms with Gasteiger partial charge in [0.2, 0.25) is 23.1 Å². The largest absolute Gasteiger partial charge is 0.507 e. The molecule has 0 fully saturated rings. The molecule has 0 spiro atoms. The fraction of sp³-hybridized carbons (Fsp3) is 0.390. The van der Waals surface area contributed by atoms with Crippen molar-refractivity contribution < 1.29 is 88.8 Å². The first-order valence-electron chi connectivity index (χ1n) is 34.6. The van der Waals surface area contributed by atoms with Crippen LogP contribution in [0.3, 0.4) is 0 Å². The van der Waals surface area contributed by atoms with Crippen LogP contribution < -0.4 is 16.0 Å². The van der Waals surface area contributed by atoms with Crippen molar-refractivity contribution >= 4 is 69.8 Å². The highest BCUT2D eigenvalue weighted by Gasteiger charge is 2.42. The minimum atomic E-state index is -1.16. The fourth-order valence-electron chi connectivity index (χ4n) is 11.9. The van der Waals surface area contributed by atoms with E-state index in [-0.39, 0.29) is 87.5 Å². The highest BCUT2D eigenvalue weighted by atomic mass is 32.2. The van der Waals surface area contributed by atoms with Gasteiger partial charge >= 0.3 is 0 Å². The van der Waals surface area contributed by atoms with Crippen LogP contribution in [0.1, 0.15) is 182 Å². The van der Waals surface area contributed by atoms with Crippen LogP contribution in [-0.4, -0.2) is 148 Å². The number of carbonyl (C=O) groups excluding carboxylic acids is 10. The van der Waals surface area contributed by atoms with E-state index in [1.807, 2.05) is 0 Å². The number of phenols is 2. The monoisotopic (exact) mass is 1440 g/mol. The highest BCUT2D eigenvalue weighted by molar-refractivity contribution is 8.04. The second-order valence-corrected chi connectivity index (χ2v) is 28.5. The Morgan fingerprint density at radius 2 is 0.817 bits per heavy atom. The number of hydrogen-bond acceptors (Lipinski definition) is 20. The Balaban J connectivity index is 1.47. The average Bonchev–Trinajstić information content (AvgIpc) is 0.744. The molecule has 0 unspecified atom stereocenters. The molecule has 8 rings (SSSR count). The van der Waals surface area contributed by atoms with Crippen LogP contribution in [0.25, 0.3) is 0 Å². The fourth-order valence-corrected chi connectivity index (χ4v) is 12.9. The summed E-state index contributed by atoms with van der Waals surface area (Å²) in [4.78, 5) is 145. The number of ketones is 8. The van der Waals surface area contributed by atoms with Crippen molar-refractivity contribution in [3.05, 3.63) is 221 Å². The quantitative estimate of drug-likeness (QED) is 0.0979. The number of aryl methyl sites for hydroxylation is 2. The standard InChI is InChI=1S/C82H97N3O18S/c1-41-21-17-15-19-23-47(7)81(102)84-68-67(78(100)63-57(76(68)98)37-53(13)74(96)65(63)72(94)51(11)35-49(9)70(92)45(5)27-31-55(86)29-25-43(3)61(90)39-59(41)88)83-33-34-104-80-69-77(99)58-38-54(14)75(97)66(64(58)79(80)101)73(95)52(12)36-50(10)71(93)46(6)28-32-56(87)30-26-44(4)62(91)40-60(89)42(2)22-18-16-20-24-48(8)82(103)85-69/h15-28,31-32,35-38,41-42,45-46,49-50,55-56,59-60,70-71,83,86-89,92-93,96-97H,29-30,33-34,39-40H2,1-14H3,(H,84,102)(H,85,103)/b19-15-,20-16-,21-17+,22-18+,31-27+,32-28+,43-25+,44-26+,47-23-,48-24-,51-35+,52-36+/t41-,42-,45-,46-,49-,50-,55-,56-,59-,60-,70-,71-/m0/s1. The number of phenolic OH excluding ortho intramolecular Hbond substituents is 2. The van der Waals surface area contributed by atoms with Crippen LogP contribution >= 0.6 is 11.8 Å². The van der Waals surface area contributed by atoms with Crippen LogP contribution in [0.2, 0.25) is 0 Å². The van der Waals surface area contributed by atoms with Crippen molar-refractivity contribution in [2.24, 2.45) is 35.5 Å². The molecule has 21 nitrogen and oxygen atoms in total. The Morgan fingerprint density at radius 1 is 0.423 bits per heavy atom. The number of rotatable bonds is 5. The average molecular weight is 1440 g/mol. The van der Waals surface area contributed by atoms with Gasteiger partial charge in [0.15, 0.2) is 23.1 Å². The zero-order valence-electron chi connectivity index (χ0n) is 61.3.